The number of ether oxygens (including phenoxy) is 1. The lowest BCUT2D eigenvalue weighted by Crippen LogP contribution is -2.29. The SMILES string of the molecule is COc1ccc(Cl)cc1C(=O)N1CCC(n2cnnc2C2CC2)C1. The maximum Gasteiger partial charge on any atom is 0.257 e. The summed E-state index contributed by atoms with van der Waals surface area (Å²) in [7, 11) is 1.56. The topological polar surface area (TPSA) is 60.2 Å². The molecule has 7 heteroatoms. The van der Waals surface area contributed by atoms with Gasteiger partial charge in [-0.1, -0.05) is 11.6 Å². The number of benzene rings is 1. The van der Waals surface area contributed by atoms with Crippen LogP contribution in [0.2, 0.25) is 5.02 Å². The molecule has 0 bridgehead atoms. The molecule has 24 heavy (non-hydrogen) atoms. The van der Waals surface area contributed by atoms with E-state index in [-0.39, 0.29) is 11.9 Å². The molecule has 1 unspecified atom stereocenters. The molecule has 0 spiro atoms. The number of hydrogen-bond acceptors (Lipinski definition) is 4. The number of aromatic nitrogens is 3. The van der Waals surface area contributed by atoms with Gasteiger partial charge >= 0.3 is 0 Å². The van der Waals surface area contributed by atoms with E-state index in [1.54, 1.807) is 31.6 Å². The third kappa shape index (κ3) is 2.75. The second kappa shape index (κ2) is 6.09. The second-order valence-corrected chi connectivity index (χ2v) is 6.85. The molecule has 1 atom stereocenters. The summed E-state index contributed by atoms with van der Waals surface area (Å²) >= 11 is 6.05. The molecule has 6 nitrogen and oxygen atoms in total. The average Bonchev–Trinajstić information content (AvgIpc) is 3.12. The van der Waals surface area contributed by atoms with Gasteiger partial charge in [-0.25, -0.2) is 0 Å². The van der Waals surface area contributed by atoms with E-state index in [9.17, 15) is 4.79 Å². The highest BCUT2D eigenvalue weighted by Crippen LogP contribution is 2.40. The van der Waals surface area contributed by atoms with Crippen molar-refractivity contribution >= 4 is 17.5 Å². The highest BCUT2D eigenvalue weighted by molar-refractivity contribution is 6.31. The van der Waals surface area contributed by atoms with E-state index in [0.29, 0.717) is 35.3 Å². The van der Waals surface area contributed by atoms with Crippen LogP contribution in [0.4, 0.5) is 0 Å². The fourth-order valence-corrected chi connectivity index (χ4v) is 3.51. The van der Waals surface area contributed by atoms with Crippen LogP contribution in [0, 0.1) is 0 Å². The number of carbonyl (C=O) groups excluding carboxylic acids is 1. The third-order valence-electron chi connectivity index (χ3n) is 4.78. The number of halogens is 1. The van der Waals surface area contributed by atoms with Gasteiger partial charge in [0.2, 0.25) is 0 Å². The third-order valence-corrected chi connectivity index (χ3v) is 5.01. The van der Waals surface area contributed by atoms with Crippen LogP contribution in [0.15, 0.2) is 24.5 Å². The first-order chi connectivity index (χ1) is 11.7. The summed E-state index contributed by atoms with van der Waals surface area (Å²) in [6.45, 7) is 1.37. The Morgan fingerprint density at radius 1 is 1.33 bits per heavy atom. The predicted octanol–water partition coefficient (Wildman–Crippen LogP) is 2.90. The van der Waals surface area contributed by atoms with Crippen molar-refractivity contribution in [2.24, 2.45) is 0 Å². The summed E-state index contributed by atoms with van der Waals surface area (Å²) in [6.07, 6.45) is 5.08. The lowest BCUT2D eigenvalue weighted by Gasteiger charge is -2.19. The zero-order valence-corrected chi connectivity index (χ0v) is 14.2. The largest absolute Gasteiger partial charge is 0.496 e. The Kier molecular flexibility index (Phi) is 3.92. The zero-order valence-electron chi connectivity index (χ0n) is 13.5. The van der Waals surface area contributed by atoms with Crippen LogP contribution in [0.1, 0.15) is 47.4 Å². The Bertz CT molecular complexity index is 772. The summed E-state index contributed by atoms with van der Waals surface area (Å²) in [4.78, 5) is 14.7. The molecule has 0 radical (unpaired) electrons. The van der Waals surface area contributed by atoms with Crippen molar-refractivity contribution in [1.82, 2.24) is 19.7 Å². The van der Waals surface area contributed by atoms with Gasteiger partial charge in [0.25, 0.3) is 5.91 Å². The number of methoxy groups -OCH3 is 1. The van der Waals surface area contributed by atoms with Gasteiger partial charge in [0, 0.05) is 24.0 Å². The minimum absolute atomic E-state index is 0.0436. The Morgan fingerprint density at radius 2 is 2.17 bits per heavy atom. The Hall–Kier alpha value is -2.08. The van der Waals surface area contributed by atoms with Gasteiger partial charge in [0.15, 0.2) is 0 Å². The molecule has 2 fully saturated rings. The van der Waals surface area contributed by atoms with Crippen LogP contribution in [0.3, 0.4) is 0 Å². The maximum atomic E-state index is 12.9. The summed E-state index contributed by atoms with van der Waals surface area (Å²) in [5.74, 6) is 2.12. The van der Waals surface area contributed by atoms with Crippen molar-refractivity contribution in [2.45, 2.75) is 31.2 Å². The molecular weight excluding hydrogens is 328 g/mol. The molecule has 1 saturated heterocycles. The first kappa shape index (κ1) is 15.4. The lowest BCUT2D eigenvalue weighted by atomic mass is 10.1. The Morgan fingerprint density at radius 3 is 2.92 bits per heavy atom. The molecule has 2 aliphatic rings. The van der Waals surface area contributed by atoms with Crippen molar-refractivity contribution in [3.05, 3.63) is 40.9 Å². The second-order valence-electron chi connectivity index (χ2n) is 6.41. The minimum Gasteiger partial charge on any atom is -0.496 e. The van der Waals surface area contributed by atoms with Crippen LogP contribution in [0.25, 0.3) is 0 Å². The van der Waals surface area contributed by atoms with E-state index < -0.39 is 0 Å². The lowest BCUT2D eigenvalue weighted by molar-refractivity contribution is 0.0784. The summed E-state index contributed by atoms with van der Waals surface area (Å²) in [5, 5.41) is 8.86. The van der Waals surface area contributed by atoms with E-state index in [0.717, 1.165) is 12.2 Å². The molecule has 0 N–H and O–H groups in total. The number of amides is 1. The smallest absolute Gasteiger partial charge is 0.257 e. The monoisotopic (exact) mass is 346 g/mol. The van der Waals surface area contributed by atoms with Crippen molar-refractivity contribution in [3.63, 3.8) is 0 Å². The van der Waals surface area contributed by atoms with Crippen LogP contribution in [-0.4, -0.2) is 45.8 Å². The van der Waals surface area contributed by atoms with Crippen LogP contribution >= 0.6 is 11.6 Å². The van der Waals surface area contributed by atoms with Gasteiger partial charge in [-0.2, -0.15) is 0 Å². The molecule has 1 saturated carbocycles. The minimum atomic E-state index is -0.0436. The van der Waals surface area contributed by atoms with E-state index in [1.165, 1.54) is 12.8 Å². The van der Waals surface area contributed by atoms with Gasteiger partial charge in [-0.05, 0) is 37.5 Å². The van der Waals surface area contributed by atoms with Crippen molar-refractivity contribution in [1.29, 1.82) is 0 Å². The Balaban J connectivity index is 1.53. The van der Waals surface area contributed by atoms with Crippen molar-refractivity contribution in [3.8, 4) is 5.75 Å². The van der Waals surface area contributed by atoms with Crippen molar-refractivity contribution < 1.29 is 9.53 Å². The van der Waals surface area contributed by atoms with E-state index in [4.69, 9.17) is 16.3 Å². The first-order valence-corrected chi connectivity index (χ1v) is 8.57. The summed E-state index contributed by atoms with van der Waals surface area (Å²) in [5.41, 5.74) is 0.511. The number of nitrogens with zero attached hydrogens (tertiary/aromatic N) is 4. The van der Waals surface area contributed by atoms with E-state index in [2.05, 4.69) is 14.8 Å². The predicted molar refractivity (Wildman–Crippen MR) is 89.6 cm³/mol. The van der Waals surface area contributed by atoms with E-state index in [1.807, 2.05) is 4.90 Å². The van der Waals surface area contributed by atoms with Crippen LogP contribution in [-0.2, 0) is 0 Å². The number of carbonyl (C=O) groups is 1. The van der Waals surface area contributed by atoms with E-state index >= 15 is 0 Å². The molecule has 4 rings (SSSR count). The highest BCUT2D eigenvalue weighted by Gasteiger charge is 2.34. The normalized spacial score (nSPS) is 20.4. The fraction of sp³-hybridized carbons (Fsp3) is 0.471. The van der Waals surface area contributed by atoms with Crippen LogP contribution in [0.5, 0.6) is 5.75 Å². The molecule has 1 aliphatic carbocycles. The number of rotatable bonds is 4. The number of likely N-dealkylation sites (tertiary alicyclic amines) is 1. The Labute approximate surface area is 145 Å². The molecule has 1 aromatic heterocycles. The standard InChI is InChI=1S/C17H19ClN4O2/c1-24-15-5-4-12(18)8-14(15)17(23)21-7-6-13(9-21)22-10-19-20-16(22)11-2-3-11/h4-5,8,10-11,13H,2-3,6-7,9H2,1H3. The fourth-order valence-electron chi connectivity index (χ4n) is 3.34. The van der Waals surface area contributed by atoms with Gasteiger partial charge in [-0.15, -0.1) is 10.2 Å². The zero-order chi connectivity index (χ0) is 16.7. The maximum absolute atomic E-state index is 12.9. The number of hydrogen-bond donors (Lipinski definition) is 0. The van der Waals surface area contributed by atoms with Gasteiger partial charge in [0.05, 0.1) is 18.7 Å². The van der Waals surface area contributed by atoms with Crippen LogP contribution < -0.4 is 4.74 Å². The summed E-state index contributed by atoms with van der Waals surface area (Å²) < 4.78 is 7.46. The molecular formula is C17H19ClN4O2. The molecule has 2 heterocycles. The first-order valence-electron chi connectivity index (χ1n) is 8.19. The molecule has 2 aromatic rings. The molecule has 126 valence electrons. The van der Waals surface area contributed by atoms with Crippen molar-refractivity contribution in [2.75, 3.05) is 20.2 Å². The molecule has 1 amide bonds. The summed E-state index contributed by atoms with van der Waals surface area (Å²) in [6, 6.07) is 5.37. The van der Waals surface area contributed by atoms with Gasteiger partial charge in [0.1, 0.15) is 17.9 Å². The molecule has 1 aromatic carbocycles. The van der Waals surface area contributed by atoms with Gasteiger partial charge in [-0.3, -0.25) is 4.79 Å². The average molecular weight is 347 g/mol. The quantitative estimate of drug-likeness (QED) is 0.854. The highest BCUT2D eigenvalue weighted by atomic mass is 35.5. The molecule has 1 aliphatic heterocycles. The van der Waals surface area contributed by atoms with Gasteiger partial charge < -0.3 is 14.2 Å².